The van der Waals surface area contributed by atoms with Gasteiger partial charge in [-0.1, -0.05) is 13.8 Å². The fourth-order valence-electron chi connectivity index (χ4n) is 2.38. The van der Waals surface area contributed by atoms with Crippen molar-refractivity contribution in [2.24, 2.45) is 5.92 Å². The summed E-state index contributed by atoms with van der Waals surface area (Å²) in [6.45, 7) is 4.93. The van der Waals surface area contributed by atoms with Crippen molar-refractivity contribution in [1.29, 1.82) is 0 Å². The lowest BCUT2D eigenvalue weighted by molar-refractivity contribution is 0.0952. The zero-order valence-electron chi connectivity index (χ0n) is 15.8. The van der Waals surface area contributed by atoms with Gasteiger partial charge in [0.25, 0.3) is 5.91 Å². The van der Waals surface area contributed by atoms with Gasteiger partial charge in [0.1, 0.15) is 5.75 Å². The van der Waals surface area contributed by atoms with Crippen molar-refractivity contribution in [3.8, 4) is 5.75 Å². The molecule has 0 aliphatic carbocycles. The number of urea groups is 1. The van der Waals surface area contributed by atoms with Crippen molar-refractivity contribution < 1.29 is 14.3 Å². The highest BCUT2D eigenvalue weighted by molar-refractivity contribution is 6.01. The lowest BCUT2D eigenvalue weighted by Crippen LogP contribution is -2.25. The highest BCUT2D eigenvalue weighted by atomic mass is 16.5. The third-order valence-corrected chi connectivity index (χ3v) is 3.76. The molecule has 3 amide bonds. The van der Waals surface area contributed by atoms with Gasteiger partial charge in [0, 0.05) is 24.5 Å². The molecule has 0 unspecified atom stereocenters. The summed E-state index contributed by atoms with van der Waals surface area (Å²) in [5.41, 5.74) is 0.909. The Balaban J connectivity index is 1.96. The zero-order chi connectivity index (χ0) is 19.6. The molecule has 0 atom stereocenters. The number of carbonyl (C=O) groups is 2. The number of hydrogen-bond donors (Lipinski definition) is 3. The molecule has 1 heterocycles. The summed E-state index contributed by atoms with van der Waals surface area (Å²) in [5, 5.41) is 8.12. The highest BCUT2D eigenvalue weighted by Crippen LogP contribution is 2.25. The summed E-state index contributed by atoms with van der Waals surface area (Å²) < 4.78 is 5.29. The van der Waals surface area contributed by atoms with Gasteiger partial charge in [-0.25, -0.2) is 9.78 Å². The lowest BCUT2D eigenvalue weighted by atomic mass is 10.1. The van der Waals surface area contributed by atoms with Crippen LogP contribution in [-0.2, 0) is 0 Å². The molecular weight excluding hydrogens is 346 g/mol. The summed E-state index contributed by atoms with van der Waals surface area (Å²) in [5.74, 6) is 1.15. The molecule has 2 rings (SSSR count). The largest absolute Gasteiger partial charge is 0.495 e. The minimum Gasteiger partial charge on any atom is -0.495 e. The summed E-state index contributed by atoms with van der Waals surface area (Å²) in [6, 6.07) is 4.37. The molecule has 2 aromatic rings. The van der Waals surface area contributed by atoms with E-state index in [9.17, 15) is 9.59 Å². The van der Waals surface area contributed by atoms with Gasteiger partial charge in [0.05, 0.1) is 19.0 Å². The number of carbonyl (C=O) groups excluding carboxylic acids is 2. The number of nitrogens with zero attached hydrogens (tertiary/aromatic N) is 2. The Kier molecular flexibility index (Phi) is 7.54. The maximum Gasteiger partial charge on any atom is 0.324 e. The van der Waals surface area contributed by atoms with Crippen LogP contribution >= 0.6 is 0 Å². The number of hydrogen-bond acceptors (Lipinski definition) is 5. The number of methoxy groups -OCH3 is 1. The molecule has 0 bridgehead atoms. The first kappa shape index (κ1) is 20.2. The topological polar surface area (TPSA) is 105 Å². The van der Waals surface area contributed by atoms with E-state index in [0.29, 0.717) is 35.3 Å². The molecule has 144 valence electrons. The normalized spacial score (nSPS) is 10.4. The third kappa shape index (κ3) is 6.58. The zero-order valence-corrected chi connectivity index (χ0v) is 15.8. The van der Waals surface area contributed by atoms with Crippen molar-refractivity contribution in [3.05, 3.63) is 42.4 Å². The van der Waals surface area contributed by atoms with E-state index < -0.39 is 6.03 Å². The number of amides is 3. The van der Waals surface area contributed by atoms with Gasteiger partial charge in [-0.2, -0.15) is 0 Å². The molecule has 0 saturated carbocycles. The molecule has 8 heteroatoms. The number of anilines is 2. The van der Waals surface area contributed by atoms with Crippen LogP contribution in [0.15, 0.2) is 36.8 Å². The van der Waals surface area contributed by atoms with Gasteiger partial charge in [0.15, 0.2) is 5.82 Å². The Labute approximate surface area is 158 Å². The number of nitrogens with one attached hydrogen (secondary N) is 3. The Hall–Kier alpha value is -3.16. The molecule has 0 fully saturated rings. The lowest BCUT2D eigenvalue weighted by Gasteiger charge is -2.13. The van der Waals surface area contributed by atoms with Crippen LogP contribution in [0.3, 0.4) is 0 Å². The van der Waals surface area contributed by atoms with Crippen LogP contribution in [0.2, 0.25) is 0 Å². The van der Waals surface area contributed by atoms with Crippen LogP contribution in [0.1, 0.15) is 37.0 Å². The van der Waals surface area contributed by atoms with E-state index in [-0.39, 0.29) is 5.91 Å². The molecule has 0 radical (unpaired) electrons. The Morgan fingerprint density at radius 3 is 2.67 bits per heavy atom. The fraction of sp³-hybridized carbons (Fsp3) is 0.368. The molecule has 0 saturated heterocycles. The fourth-order valence-corrected chi connectivity index (χ4v) is 2.38. The SMILES string of the molecule is COc1cc(C(=O)NCCCC(C)C)ccc1NC(=O)Nc1cnccn1. The van der Waals surface area contributed by atoms with E-state index in [1.807, 2.05) is 0 Å². The molecule has 8 nitrogen and oxygen atoms in total. The number of benzene rings is 1. The quantitative estimate of drug-likeness (QED) is 0.618. The number of ether oxygens (including phenoxy) is 1. The number of aromatic nitrogens is 2. The van der Waals surface area contributed by atoms with E-state index in [2.05, 4.69) is 39.8 Å². The molecule has 0 spiro atoms. The Morgan fingerprint density at radius 2 is 2.00 bits per heavy atom. The Bertz CT molecular complexity index is 765. The summed E-state index contributed by atoms with van der Waals surface area (Å²) in [6.07, 6.45) is 6.42. The van der Waals surface area contributed by atoms with Crippen LogP contribution < -0.4 is 20.7 Å². The number of rotatable bonds is 8. The van der Waals surface area contributed by atoms with Crippen molar-refractivity contribution in [1.82, 2.24) is 15.3 Å². The van der Waals surface area contributed by atoms with Gasteiger partial charge in [-0.05, 0) is 37.0 Å². The minimum absolute atomic E-state index is 0.174. The van der Waals surface area contributed by atoms with E-state index in [1.54, 1.807) is 18.2 Å². The molecule has 1 aromatic carbocycles. The standard InChI is InChI=1S/C19H25N5O3/c1-13(2)5-4-8-22-18(25)14-6-7-15(16(11-14)27-3)23-19(26)24-17-12-20-9-10-21-17/h6-7,9-13H,4-5,8H2,1-3H3,(H,22,25)(H2,21,23,24,26). The van der Waals surface area contributed by atoms with Gasteiger partial charge in [0.2, 0.25) is 0 Å². The highest BCUT2D eigenvalue weighted by Gasteiger charge is 2.12. The van der Waals surface area contributed by atoms with Gasteiger partial charge < -0.3 is 15.4 Å². The van der Waals surface area contributed by atoms with E-state index in [4.69, 9.17) is 4.74 Å². The average molecular weight is 371 g/mol. The molecule has 1 aromatic heterocycles. The van der Waals surface area contributed by atoms with Gasteiger partial charge in [-0.3, -0.25) is 15.1 Å². The molecule has 0 aliphatic heterocycles. The van der Waals surface area contributed by atoms with Crippen molar-refractivity contribution in [2.75, 3.05) is 24.3 Å². The second-order valence-electron chi connectivity index (χ2n) is 6.38. The molecular formula is C19H25N5O3. The van der Waals surface area contributed by atoms with Crippen molar-refractivity contribution in [3.63, 3.8) is 0 Å². The van der Waals surface area contributed by atoms with Crippen molar-refractivity contribution in [2.45, 2.75) is 26.7 Å². The van der Waals surface area contributed by atoms with E-state index in [0.717, 1.165) is 12.8 Å². The smallest absolute Gasteiger partial charge is 0.324 e. The predicted octanol–water partition coefficient (Wildman–Crippen LogP) is 3.30. The second kappa shape index (κ2) is 10.1. The van der Waals surface area contributed by atoms with Crippen LogP contribution in [0.4, 0.5) is 16.3 Å². The maximum absolute atomic E-state index is 12.3. The maximum atomic E-state index is 12.3. The molecule has 27 heavy (non-hydrogen) atoms. The van der Waals surface area contributed by atoms with Crippen LogP contribution in [0.25, 0.3) is 0 Å². The minimum atomic E-state index is -0.486. The monoisotopic (exact) mass is 371 g/mol. The van der Waals surface area contributed by atoms with Crippen LogP contribution in [0, 0.1) is 5.92 Å². The van der Waals surface area contributed by atoms with Crippen molar-refractivity contribution >= 4 is 23.4 Å². The Morgan fingerprint density at radius 1 is 1.19 bits per heavy atom. The molecule has 0 aliphatic rings. The summed E-state index contributed by atoms with van der Waals surface area (Å²) in [4.78, 5) is 32.2. The van der Waals surface area contributed by atoms with Gasteiger partial charge in [-0.15, -0.1) is 0 Å². The van der Waals surface area contributed by atoms with E-state index in [1.165, 1.54) is 25.7 Å². The van der Waals surface area contributed by atoms with Crippen LogP contribution in [-0.4, -0.2) is 35.6 Å². The first-order valence-corrected chi connectivity index (χ1v) is 8.80. The first-order chi connectivity index (χ1) is 13.0. The summed E-state index contributed by atoms with van der Waals surface area (Å²) >= 11 is 0. The molecule has 3 N–H and O–H groups in total. The summed E-state index contributed by atoms with van der Waals surface area (Å²) in [7, 11) is 1.48. The van der Waals surface area contributed by atoms with Gasteiger partial charge >= 0.3 is 6.03 Å². The first-order valence-electron chi connectivity index (χ1n) is 8.80. The second-order valence-corrected chi connectivity index (χ2v) is 6.38. The van der Waals surface area contributed by atoms with E-state index >= 15 is 0 Å². The average Bonchev–Trinajstić information content (AvgIpc) is 2.66. The third-order valence-electron chi connectivity index (χ3n) is 3.76. The van der Waals surface area contributed by atoms with Crippen LogP contribution in [0.5, 0.6) is 5.75 Å². The predicted molar refractivity (Wildman–Crippen MR) is 104 cm³/mol.